The molecule has 0 saturated carbocycles. The molecule has 3 aliphatic rings. The van der Waals surface area contributed by atoms with Crippen LogP contribution in [0.5, 0.6) is 11.5 Å². The third-order valence-corrected chi connectivity index (χ3v) is 18.0. The van der Waals surface area contributed by atoms with Crippen molar-refractivity contribution in [1.29, 1.82) is 0 Å². The van der Waals surface area contributed by atoms with Gasteiger partial charge in [0.25, 0.3) is 0 Å². The van der Waals surface area contributed by atoms with E-state index in [0.717, 1.165) is 101 Å². The van der Waals surface area contributed by atoms with Gasteiger partial charge in [-0.15, -0.1) is 0 Å². The van der Waals surface area contributed by atoms with Crippen molar-refractivity contribution in [3.05, 3.63) is 254 Å². The van der Waals surface area contributed by atoms with Crippen LogP contribution in [0.4, 0.5) is 34.1 Å². The van der Waals surface area contributed by atoms with Gasteiger partial charge in [-0.05, 0) is 186 Å². The van der Waals surface area contributed by atoms with Gasteiger partial charge in [0.1, 0.15) is 11.5 Å². The van der Waals surface area contributed by atoms with Gasteiger partial charge in [-0.1, -0.05) is 146 Å². The largest absolute Gasteiger partial charge is 0.494 e. The van der Waals surface area contributed by atoms with Crippen molar-refractivity contribution in [3.8, 4) is 33.8 Å². The highest BCUT2D eigenvalue weighted by Crippen LogP contribution is 2.50. The quantitative estimate of drug-likeness (QED) is 0.120. The van der Waals surface area contributed by atoms with E-state index in [9.17, 15) is 0 Å². The molecule has 408 valence electrons. The maximum Gasteiger partial charge on any atom is 0.494 e. The number of hydrogen-bond donors (Lipinski definition) is 0. The molecule has 0 bridgehead atoms. The lowest BCUT2D eigenvalue weighted by Crippen LogP contribution is -2.41. The molecule has 2 fully saturated rings. The summed E-state index contributed by atoms with van der Waals surface area (Å²) in [6, 6.07) is 86.8. The summed E-state index contributed by atoms with van der Waals surface area (Å²) in [4.78, 5) is 4.72. The molecule has 14 rings (SSSR count). The highest BCUT2D eigenvalue weighted by Gasteiger charge is 2.53. The molecule has 4 heterocycles. The SMILES string of the molecule is CC1(C)OB(c2ccc(N(c3ccc(-c4ccccc4)cc3)c3ccc4c(c3)c3cc(N(c5ccc(B6OC(C)(C)C(C)(C)O6)cc5)c5ccc(-c6ccccc6)cc5)ccc3n4C3c4ccccc4Oc4ccccc43)cc2)OC1(C)C. The van der Waals surface area contributed by atoms with Crippen molar-refractivity contribution in [2.75, 3.05) is 9.80 Å². The highest BCUT2D eigenvalue weighted by atomic mass is 16.7. The molecule has 0 radical (unpaired) electrons. The van der Waals surface area contributed by atoms with E-state index in [2.05, 4.69) is 312 Å². The minimum Gasteiger partial charge on any atom is -0.457 e. The lowest BCUT2D eigenvalue weighted by molar-refractivity contribution is 0.00578. The maximum absolute atomic E-state index is 6.66. The monoisotopic (exact) mass is 1090 g/mol. The van der Waals surface area contributed by atoms with E-state index in [1.54, 1.807) is 0 Å². The van der Waals surface area contributed by atoms with E-state index < -0.39 is 36.6 Å². The van der Waals surface area contributed by atoms with Gasteiger partial charge in [-0.25, -0.2) is 0 Å². The average molecular weight is 1090 g/mol. The minimum atomic E-state index is -0.487. The molecule has 0 spiro atoms. The zero-order valence-corrected chi connectivity index (χ0v) is 48.2. The molecule has 11 aromatic rings. The standard InChI is InChI=1S/C73H65B2N3O5/c1-70(2)71(3,4)81-74(80-70)53-31-39-57(40-32-53)76(55-35-27-51(28-36-55)49-19-11-9-12-20-49)59-43-45-65-63(47-59)64-48-60(44-46-66(64)78(65)69-61-23-15-17-25-67(61)79-68-26-18-16-24-62(68)69)77(56-37-29-52(30-38-56)50-21-13-10-14-22-50)58-41-33-54(34-42-58)75-82-72(5,6)73(7,8)83-75/h9-48,69H,1-8H3. The normalized spacial score (nSPS) is 16.6. The molecular weight excluding hydrogens is 1020 g/mol. The Hall–Kier alpha value is -8.63. The number of para-hydroxylation sites is 2. The van der Waals surface area contributed by atoms with E-state index >= 15 is 0 Å². The number of aromatic nitrogens is 1. The number of fused-ring (bicyclic) bond motifs is 5. The Morgan fingerprint density at radius 2 is 0.627 bits per heavy atom. The maximum atomic E-state index is 6.66. The van der Waals surface area contributed by atoms with Crippen LogP contribution in [0.2, 0.25) is 0 Å². The number of nitrogens with zero attached hydrogens (tertiary/aromatic N) is 3. The zero-order chi connectivity index (χ0) is 56.8. The van der Waals surface area contributed by atoms with Crippen LogP contribution in [0.15, 0.2) is 243 Å². The Morgan fingerprint density at radius 1 is 0.325 bits per heavy atom. The second-order valence-electron chi connectivity index (χ2n) is 24.2. The molecule has 83 heavy (non-hydrogen) atoms. The fraction of sp³-hybridized carbons (Fsp3) is 0.178. The number of rotatable bonds is 11. The Bertz CT molecular complexity index is 3900. The van der Waals surface area contributed by atoms with Gasteiger partial charge in [0.05, 0.1) is 39.5 Å². The number of hydrogen-bond acceptors (Lipinski definition) is 7. The lowest BCUT2D eigenvalue weighted by Gasteiger charge is -2.32. The molecular formula is C73H65B2N3O5. The smallest absolute Gasteiger partial charge is 0.457 e. The summed E-state index contributed by atoms with van der Waals surface area (Å²) in [7, 11) is -0.974. The predicted octanol–water partition coefficient (Wildman–Crippen LogP) is 17.4. The van der Waals surface area contributed by atoms with Crippen molar-refractivity contribution in [2.45, 2.75) is 83.8 Å². The first-order valence-electron chi connectivity index (χ1n) is 28.9. The van der Waals surface area contributed by atoms with Crippen molar-refractivity contribution in [2.24, 2.45) is 0 Å². The van der Waals surface area contributed by atoms with Crippen LogP contribution < -0.4 is 25.5 Å². The fourth-order valence-electron chi connectivity index (χ4n) is 12.0. The minimum absolute atomic E-state index is 0.193. The fourth-order valence-corrected chi connectivity index (χ4v) is 12.0. The molecule has 10 aromatic carbocycles. The van der Waals surface area contributed by atoms with E-state index in [4.69, 9.17) is 23.4 Å². The van der Waals surface area contributed by atoms with Crippen molar-refractivity contribution in [1.82, 2.24) is 4.57 Å². The van der Waals surface area contributed by atoms with Gasteiger partial charge in [-0.2, -0.15) is 0 Å². The Morgan fingerprint density at radius 3 is 0.988 bits per heavy atom. The first-order chi connectivity index (χ1) is 40.1. The summed E-state index contributed by atoms with van der Waals surface area (Å²) >= 11 is 0. The molecule has 2 saturated heterocycles. The van der Waals surface area contributed by atoms with Crippen molar-refractivity contribution in [3.63, 3.8) is 0 Å². The van der Waals surface area contributed by atoms with Crippen LogP contribution >= 0.6 is 0 Å². The molecule has 8 nitrogen and oxygen atoms in total. The highest BCUT2D eigenvalue weighted by molar-refractivity contribution is 6.62. The summed E-state index contributed by atoms with van der Waals surface area (Å²) in [6.07, 6.45) is 0. The van der Waals surface area contributed by atoms with Gasteiger partial charge >= 0.3 is 14.2 Å². The van der Waals surface area contributed by atoms with Crippen LogP contribution in [0.25, 0.3) is 44.1 Å². The first kappa shape index (κ1) is 52.4. The van der Waals surface area contributed by atoms with E-state index in [-0.39, 0.29) is 6.04 Å². The van der Waals surface area contributed by atoms with Gasteiger partial charge in [0, 0.05) is 56.0 Å². The Balaban J connectivity index is 0.961. The zero-order valence-electron chi connectivity index (χ0n) is 48.2. The molecule has 0 N–H and O–H groups in total. The predicted molar refractivity (Wildman–Crippen MR) is 341 cm³/mol. The summed E-state index contributed by atoms with van der Waals surface area (Å²) in [5.74, 6) is 1.70. The molecule has 1 aromatic heterocycles. The topological polar surface area (TPSA) is 57.6 Å². The van der Waals surface area contributed by atoms with Gasteiger partial charge < -0.3 is 37.7 Å². The molecule has 0 aliphatic carbocycles. The van der Waals surface area contributed by atoms with E-state index in [1.165, 1.54) is 11.1 Å². The van der Waals surface area contributed by atoms with E-state index in [0.29, 0.717) is 0 Å². The summed E-state index contributed by atoms with van der Waals surface area (Å²) in [5.41, 5.74) is 15.2. The van der Waals surface area contributed by atoms with Gasteiger partial charge in [0.15, 0.2) is 0 Å². The summed E-state index contributed by atoms with van der Waals surface area (Å²) < 4.78 is 35.4. The number of benzene rings is 10. The van der Waals surface area contributed by atoms with Crippen LogP contribution in [-0.4, -0.2) is 41.2 Å². The molecule has 0 atom stereocenters. The van der Waals surface area contributed by atoms with Gasteiger partial charge in [0.2, 0.25) is 0 Å². The number of ether oxygens (including phenoxy) is 1. The first-order valence-corrected chi connectivity index (χ1v) is 28.9. The average Bonchev–Trinajstić information content (AvgIpc) is 2.00. The number of anilines is 6. The van der Waals surface area contributed by atoms with Crippen LogP contribution in [0.1, 0.15) is 72.6 Å². The van der Waals surface area contributed by atoms with Crippen molar-refractivity contribution >= 4 is 81.1 Å². The second kappa shape index (κ2) is 20.1. The lowest BCUT2D eigenvalue weighted by atomic mass is 9.79. The Labute approximate surface area is 487 Å². The molecule has 3 aliphatic heterocycles. The third-order valence-electron chi connectivity index (χ3n) is 18.0. The summed E-state index contributed by atoms with van der Waals surface area (Å²) in [6.45, 7) is 16.8. The Kier molecular flexibility index (Phi) is 12.7. The molecule has 0 unspecified atom stereocenters. The third kappa shape index (κ3) is 9.22. The van der Waals surface area contributed by atoms with Crippen molar-refractivity contribution < 1.29 is 23.4 Å². The summed E-state index contributed by atoms with van der Waals surface area (Å²) in [5, 5.41) is 2.21. The molecule has 10 heteroatoms. The van der Waals surface area contributed by atoms with Crippen LogP contribution in [-0.2, 0) is 18.6 Å². The van der Waals surface area contributed by atoms with E-state index in [1.807, 2.05) is 0 Å². The van der Waals surface area contributed by atoms with Gasteiger partial charge in [-0.3, -0.25) is 0 Å². The second-order valence-corrected chi connectivity index (χ2v) is 24.2. The van der Waals surface area contributed by atoms with Crippen LogP contribution in [0.3, 0.4) is 0 Å². The van der Waals surface area contributed by atoms with Crippen LogP contribution in [0, 0.1) is 0 Å². The molecule has 0 amide bonds.